The summed E-state index contributed by atoms with van der Waals surface area (Å²) in [6.07, 6.45) is 3.80. The van der Waals surface area contributed by atoms with Gasteiger partial charge in [-0.3, -0.25) is 20.4 Å². The predicted octanol–water partition coefficient (Wildman–Crippen LogP) is 3.02. The van der Waals surface area contributed by atoms with Gasteiger partial charge < -0.3 is 9.47 Å². The molecule has 1 aliphatic heterocycles. The summed E-state index contributed by atoms with van der Waals surface area (Å²) >= 11 is 0. The molecule has 2 N–H and O–H groups in total. The lowest BCUT2D eigenvalue weighted by molar-refractivity contribution is -0.117. The summed E-state index contributed by atoms with van der Waals surface area (Å²) in [5.41, 5.74) is 6.57. The van der Waals surface area contributed by atoms with Crippen LogP contribution in [0.15, 0.2) is 42.5 Å². The molecule has 2 amide bonds. The van der Waals surface area contributed by atoms with Crippen LogP contribution in [0, 0.1) is 5.82 Å². The number of fused-ring (bicyclic) bond motifs is 1. The average molecular weight is 384 g/mol. The summed E-state index contributed by atoms with van der Waals surface area (Å²) in [6.45, 7) is 4.38. The fraction of sp³-hybridized carbons (Fsp3) is 0.238. The molecule has 0 saturated carbocycles. The lowest BCUT2D eigenvalue weighted by Gasteiger charge is -2.10. The Morgan fingerprint density at radius 1 is 1.25 bits per heavy atom. The number of benzene rings is 2. The highest BCUT2D eigenvalue weighted by Crippen LogP contribution is 2.35. The summed E-state index contributed by atoms with van der Waals surface area (Å²) in [5.74, 6) is -0.0651. The van der Waals surface area contributed by atoms with Crippen LogP contribution in [0.5, 0.6) is 11.5 Å². The van der Waals surface area contributed by atoms with Crippen LogP contribution in [0.1, 0.15) is 35.3 Å². The number of hydrogen-bond acceptors (Lipinski definition) is 4. The molecule has 0 saturated heterocycles. The van der Waals surface area contributed by atoms with Gasteiger partial charge in [0.2, 0.25) is 0 Å². The average Bonchev–Trinajstić information content (AvgIpc) is 3.03. The second-order valence-corrected chi connectivity index (χ2v) is 6.35. The summed E-state index contributed by atoms with van der Waals surface area (Å²) in [4.78, 5) is 23.9. The number of carbonyl (C=O) groups is 2. The maximum atomic E-state index is 12.9. The number of ether oxygens (including phenoxy) is 2. The molecule has 28 heavy (non-hydrogen) atoms. The van der Waals surface area contributed by atoms with Crippen molar-refractivity contribution in [3.63, 3.8) is 0 Å². The van der Waals surface area contributed by atoms with Gasteiger partial charge in [0.25, 0.3) is 11.8 Å². The van der Waals surface area contributed by atoms with Gasteiger partial charge >= 0.3 is 0 Å². The molecule has 3 rings (SSSR count). The van der Waals surface area contributed by atoms with E-state index < -0.39 is 17.6 Å². The number of carbonyl (C=O) groups excluding carboxylic acids is 2. The van der Waals surface area contributed by atoms with Gasteiger partial charge in [-0.2, -0.15) is 0 Å². The Morgan fingerprint density at radius 3 is 2.71 bits per heavy atom. The number of nitrogens with one attached hydrogen (secondary N) is 2. The number of halogens is 1. The van der Waals surface area contributed by atoms with Crippen molar-refractivity contribution in [2.45, 2.75) is 26.4 Å². The highest BCUT2D eigenvalue weighted by atomic mass is 19.1. The van der Waals surface area contributed by atoms with Crippen LogP contribution < -0.4 is 20.3 Å². The van der Waals surface area contributed by atoms with Crippen molar-refractivity contribution in [1.29, 1.82) is 0 Å². The van der Waals surface area contributed by atoms with Gasteiger partial charge in [0.05, 0.1) is 6.61 Å². The molecular formula is C21H21FN2O4. The van der Waals surface area contributed by atoms with Crippen LogP contribution in [0.4, 0.5) is 4.39 Å². The van der Waals surface area contributed by atoms with E-state index in [1.807, 2.05) is 26.0 Å². The van der Waals surface area contributed by atoms with E-state index in [4.69, 9.17) is 9.47 Å². The molecule has 6 nitrogen and oxygen atoms in total. The molecule has 2 aromatic carbocycles. The summed E-state index contributed by atoms with van der Waals surface area (Å²) < 4.78 is 24.3. The SMILES string of the molecule is CCOc1cc2c(cc1/C=C/C(=O)NNC(=O)c1ccc(F)cc1)O[C@H](C)C2. The van der Waals surface area contributed by atoms with E-state index in [0.29, 0.717) is 17.9 Å². The Kier molecular flexibility index (Phi) is 5.93. The highest BCUT2D eigenvalue weighted by Gasteiger charge is 2.21. The van der Waals surface area contributed by atoms with Gasteiger partial charge in [-0.1, -0.05) is 0 Å². The van der Waals surface area contributed by atoms with Crippen LogP contribution in [0.2, 0.25) is 0 Å². The third-order valence-corrected chi connectivity index (χ3v) is 4.15. The van der Waals surface area contributed by atoms with E-state index >= 15 is 0 Å². The van der Waals surface area contributed by atoms with Crippen molar-refractivity contribution < 1.29 is 23.5 Å². The molecule has 1 atom stereocenters. The molecule has 0 bridgehead atoms. The minimum Gasteiger partial charge on any atom is -0.493 e. The van der Waals surface area contributed by atoms with Gasteiger partial charge in [0.1, 0.15) is 23.4 Å². The van der Waals surface area contributed by atoms with Crippen molar-refractivity contribution in [2.75, 3.05) is 6.61 Å². The van der Waals surface area contributed by atoms with E-state index in [1.165, 1.54) is 30.3 Å². The molecule has 0 fully saturated rings. The molecule has 0 aromatic heterocycles. The minimum absolute atomic E-state index is 0.105. The van der Waals surface area contributed by atoms with Crippen LogP contribution in [0.3, 0.4) is 0 Å². The number of amides is 2. The van der Waals surface area contributed by atoms with Crippen molar-refractivity contribution >= 4 is 17.9 Å². The van der Waals surface area contributed by atoms with Gasteiger partial charge in [-0.05, 0) is 56.3 Å². The topological polar surface area (TPSA) is 76.7 Å². The van der Waals surface area contributed by atoms with Crippen LogP contribution in [0.25, 0.3) is 6.08 Å². The minimum atomic E-state index is -0.545. The molecular weight excluding hydrogens is 363 g/mol. The van der Waals surface area contributed by atoms with E-state index in [9.17, 15) is 14.0 Å². The Labute approximate surface area is 162 Å². The molecule has 7 heteroatoms. The zero-order valence-corrected chi connectivity index (χ0v) is 15.6. The normalized spacial score (nSPS) is 15.0. The van der Waals surface area contributed by atoms with Crippen LogP contribution >= 0.6 is 0 Å². The van der Waals surface area contributed by atoms with Crippen molar-refractivity contribution in [3.05, 3.63) is 65.0 Å². The Morgan fingerprint density at radius 2 is 2.00 bits per heavy atom. The zero-order valence-electron chi connectivity index (χ0n) is 15.6. The number of rotatable bonds is 5. The van der Waals surface area contributed by atoms with Crippen molar-refractivity contribution in [3.8, 4) is 11.5 Å². The lowest BCUT2D eigenvalue weighted by Crippen LogP contribution is -2.40. The number of hydrogen-bond donors (Lipinski definition) is 2. The van der Waals surface area contributed by atoms with E-state index in [-0.39, 0.29) is 11.7 Å². The fourth-order valence-electron chi connectivity index (χ4n) is 2.86. The van der Waals surface area contributed by atoms with E-state index in [0.717, 1.165) is 17.7 Å². The Hall–Kier alpha value is -3.35. The number of hydrazine groups is 1. The maximum Gasteiger partial charge on any atom is 0.269 e. The monoisotopic (exact) mass is 384 g/mol. The van der Waals surface area contributed by atoms with Gasteiger partial charge in [-0.15, -0.1) is 0 Å². The summed E-state index contributed by atoms with van der Waals surface area (Å²) in [6, 6.07) is 8.76. The van der Waals surface area contributed by atoms with Crippen LogP contribution in [-0.4, -0.2) is 24.5 Å². The fourth-order valence-corrected chi connectivity index (χ4v) is 2.86. The first-order chi connectivity index (χ1) is 13.5. The third kappa shape index (κ3) is 4.68. The van der Waals surface area contributed by atoms with E-state index in [1.54, 1.807) is 6.08 Å². The van der Waals surface area contributed by atoms with Crippen molar-refractivity contribution in [2.24, 2.45) is 0 Å². The van der Waals surface area contributed by atoms with Gasteiger partial charge in [-0.25, -0.2) is 4.39 Å². The Balaban J connectivity index is 1.64. The largest absolute Gasteiger partial charge is 0.493 e. The van der Waals surface area contributed by atoms with Crippen LogP contribution in [-0.2, 0) is 11.2 Å². The first-order valence-electron chi connectivity index (χ1n) is 8.96. The molecule has 1 heterocycles. The molecule has 1 aliphatic rings. The Bertz CT molecular complexity index is 909. The second-order valence-electron chi connectivity index (χ2n) is 6.35. The van der Waals surface area contributed by atoms with E-state index in [2.05, 4.69) is 10.9 Å². The molecule has 0 radical (unpaired) electrons. The standard InChI is InChI=1S/C21H21FN2O4/c1-3-27-18-12-16-10-13(2)28-19(16)11-15(18)6-9-20(25)23-24-21(26)14-4-7-17(22)8-5-14/h4-9,11-13H,3,10H2,1-2H3,(H,23,25)(H,24,26)/b9-6+/t13-/m1/s1. The first-order valence-corrected chi connectivity index (χ1v) is 8.96. The highest BCUT2D eigenvalue weighted by molar-refractivity contribution is 5.98. The smallest absolute Gasteiger partial charge is 0.269 e. The first kappa shape index (κ1) is 19.4. The maximum absolute atomic E-state index is 12.9. The molecule has 2 aromatic rings. The molecule has 146 valence electrons. The van der Waals surface area contributed by atoms with Gasteiger partial charge in [0, 0.05) is 29.2 Å². The van der Waals surface area contributed by atoms with Crippen molar-refractivity contribution in [1.82, 2.24) is 10.9 Å². The zero-order chi connectivity index (χ0) is 20.1. The lowest BCUT2D eigenvalue weighted by atomic mass is 10.1. The van der Waals surface area contributed by atoms with Gasteiger partial charge in [0.15, 0.2) is 0 Å². The molecule has 0 unspecified atom stereocenters. The molecule has 0 aliphatic carbocycles. The third-order valence-electron chi connectivity index (χ3n) is 4.15. The molecule has 0 spiro atoms. The second kappa shape index (κ2) is 8.56. The quantitative estimate of drug-likeness (QED) is 0.614. The predicted molar refractivity (Wildman–Crippen MR) is 102 cm³/mol. The summed E-state index contributed by atoms with van der Waals surface area (Å²) in [7, 11) is 0. The summed E-state index contributed by atoms with van der Waals surface area (Å²) in [5, 5.41) is 0.